The van der Waals surface area contributed by atoms with Gasteiger partial charge in [0.1, 0.15) is 5.75 Å². The fraction of sp³-hybridized carbons (Fsp3) is 0.300. The average Bonchev–Trinajstić information content (AvgIpc) is 2.27. The molecule has 0 aromatic heterocycles. The van der Waals surface area contributed by atoms with Crippen LogP contribution in [0.4, 0.5) is 13.2 Å². The summed E-state index contributed by atoms with van der Waals surface area (Å²) in [6, 6.07) is 4.27. The summed E-state index contributed by atoms with van der Waals surface area (Å²) in [6.07, 6.45) is 0. The van der Waals surface area contributed by atoms with Crippen molar-refractivity contribution in [3.63, 3.8) is 0 Å². The van der Waals surface area contributed by atoms with E-state index in [0.717, 1.165) is 12.1 Å². The molecule has 0 fully saturated rings. The Morgan fingerprint density at radius 1 is 1.26 bits per heavy atom. The molecule has 0 bridgehead atoms. The van der Waals surface area contributed by atoms with Gasteiger partial charge in [-0.15, -0.1) is 0 Å². The van der Waals surface area contributed by atoms with Gasteiger partial charge in [0.2, 0.25) is 0 Å². The number of rotatable bonds is 4. The van der Waals surface area contributed by atoms with E-state index in [1.165, 1.54) is 19.1 Å². The van der Waals surface area contributed by atoms with Crippen molar-refractivity contribution >= 4 is 16.1 Å². The van der Waals surface area contributed by atoms with Gasteiger partial charge in [-0.05, 0) is 24.6 Å². The SMILES string of the molecule is C[C@H](C(=O)O)c1ccc(OS(=O)(=O)C(F)(F)F)cc1. The minimum absolute atomic E-state index is 0.309. The van der Waals surface area contributed by atoms with Crippen molar-refractivity contribution in [2.45, 2.75) is 18.3 Å². The second kappa shape index (κ2) is 5.08. The fourth-order valence-electron chi connectivity index (χ4n) is 1.13. The lowest BCUT2D eigenvalue weighted by Gasteiger charge is -2.10. The summed E-state index contributed by atoms with van der Waals surface area (Å²) in [5.74, 6) is -2.52. The van der Waals surface area contributed by atoms with Crippen molar-refractivity contribution in [1.82, 2.24) is 0 Å². The Morgan fingerprint density at radius 2 is 1.74 bits per heavy atom. The molecule has 0 amide bonds. The molecule has 0 aliphatic carbocycles. The molecule has 0 unspecified atom stereocenters. The van der Waals surface area contributed by atoms with Gasteiger partial charge in [0.15, 0.2) is 0 Å². The van der Waals surface area contributed by atoms with E-state index in [9.17, 15) is 26.4 Å². The van der Waals surface area contributed by atoms with Crippen LogP contribution >= 0.6 is 0 Å². The van der Waals surface area contributed by atoms with Crippen molar-refractivity contribution in [2.75, 3.05) is 0 Å². The summed E-state index contributed by atoms with van der Waals surface area (Å²) >= 11 is 0. The number of alkyl halides is 3. The van der Waals surface area contributed by atoms with Crippen LogP contribution in [0.5, 0.6) is 5.75 Å². The van der Waals surface area contributed by atoms with Crippen LogP contribution in [0.1, 0.15) is 18.4 Å². The summed E-state index contributed by atoms with van der Waals surface area (Å²) in [4.78, 5) is 10.7. The predicted molar refractivity (Wildman–Crippen MR) is 58.1 cm³/mol. The molecule has 1 atom stereocenters. The van der Waals surface area contributed by atoms with Crippen molar-refractivity contribution in [2.24, 2.45) is 0 Å². The topological polar surface area (TPSA) is 80.7 Å². The average molecular weight is 298 g/mol. The Labute approximate surface area is 106 Å². The lowest BCUT2D eigenvalue weighted by Crippen LogP contribution is -2.28. The minimum Gasteiger partial charge on any atom is -0.481 e. The molecule has 0 aliphatic heterocycles. The predicted octanol–water partition coefficient (Wildman–Crippen LogP) is 2.10. The third kappa shape index (κ3) is 3.60. The van der Waals surface area contributed by atoms with Gasteiger partial charge in [0.25, 0.3) is 0 Å². The van der Waals surface area contributed by atoms with E-state index in [2.05, 4.69) is 4.18 Å². The van der Waals surface area contributed by atoms with Crippen LogP contribution in [0, 0.1) is 0 Å². The normalized spacial score (nSPS) is 13.9. The van der Waals surface area contributed by atoms with Crippen molar-refractivity contribution in [3.8, 4) is 5.75 Å². The maximum atomic E-state index is 12.0. The molecule has 1 N–H and O–H groups in total. The smallest absolute Gasteiger partial charge is 0.481 e. The number of benzene rings is 1. The Balaban J connectivity index is 2.93. The summed E-state index contributed by atoms with van der Waals surface area (Å²) in [5.41, 5.74) is -5.20. The quantitative estimate of drug-likeness (QED) is 0.680. The second-order valence-electron chi connectivity index (χ2n) is 3.61. The zero-order chi connectivity index (χ0) is 14.8. The van der Waals surface area contributed by atoms with Gasteiger partial charge >= 0.3 is 21.6 Å². The molecule has 106 valence electrons. The van der Waals surface area contributed by atoms with Gasteiger partial charge in [-0.3, -0.25) is 4.79 Å². The number of carboxylic acids is 1. The Bertz CT molecular complexity index is 562. The number of hydrogen-bond acceptors (Lipinski definition) is 4. The van der Waals surface area contributed by atoms with Crippen molar-refractivity contribution < 1.29 is 35.7 Å². The van der Waals surface area contributed by atoms with Crippen LogP contribution in [-0.2, 0) is 14.9 Å². The van der Waals surface area contributed by atoms with Crippen LogP contribution in [-0.4, -0.2) is 25.0 Å². The molecule has 9 heteroatoms. The van der Waals surface area contributed by atoms with Crippen LogP contribution in [0.25, 0.3) is 0 Å². The van der Waals surface area contributed by atoms with E-state index >= 15 is 0 Å². The molecule has 0 saturated carbocycles. The number of halogens is 3. The molecule has 5 nitrogen and oxygen atoms in total. The van der Waals surface area contributed by atoms with Crippen molar-refractivity contribution in [1.29, 1.82) is 0 Å². The van der Waals surface area contributed by atoms with Crippen LogP contribution < -0.4 is 4.18 Å². The molecular weight excluding hydrogens is 289 g/mol. The zero-order valence-corrected chi connectivity index (χ0v) is 10.3. The van der Waals surface area contributed by atoms with Crippen LogP contribution in [0.2, 0.25) is 0 Å². The molecule has 1 aromatic carbocycles. The third-order valence-corrected chi connectivity index (χ3v) is 3.22. The summed E-state index contributed by atoms with van der Waals surface area (Å²) in [7, 11) is -5.72. The lowest BCUT2D eigenvalue weighted by atomic mass is 10.0. The maximum absolute atomic E-state index is 12.0. The Hall–Kier alpha value is -1.77. The summed E-state index contributed by atoms with van der Waals surface area (Å²) in [5, 5.41) is 8.72. The van der Waals surface area contributed by atoms with Crippen molar-refractivity contribution in [3.05, 3.63) is 29.8 Å². The van der Waals surface area contributed by atoms with E-state index < -0.39 is 33.3 Å². The van der Waals surface area contributed by atoms with Crippen LogP contribution in [0.3, 0.4) is 0 Å². The first-order valence-electron chi connectivity index (χ1n) is 4.88. The highest BCUT2D eigenvalue weighted by Gasteiger charge is 2.48. The standard InChI is InChI=1S/C10H9F3O5S/c1-6(9(14)15)7-2-4-8(5-3-7)18-19(16,17)10(11,12)13/h2-6H,1H3,(H,14,15)/t6-/m0/s1. The fourth-order valence-corrected chi connectivity index (χ4v) is 1.59. The molecule has 0 aliphatic rings. The van der Waals surface area contributed by atoms with Gasteiger partial charge in [-0.1, -0.05) is 12.1 Å². The van der Waals surface area contributed by atoms with E-state index in [-0.39, 0.29) is 0 Å². The molecule has 1 rings (SSSR count). The first-order chi connectivity index (χ1) is 8.54. The highest BCUT2D eigenvalue weighted by atomic mass is 32.2. The maximum Gasteiger partial charge on any atom is 0.534 e. The molecule has 1 aromatic rings. The second-order valence-corrected chi connectivity index (χ2v) is 5.15. The third-order valence-electron chi connectivity index (χ3n) is 2.24. The minimum atomic E-state index is -5.72. The Kier molecular flexibility index (Phi) is 4.09. The monoisotopic (exact) mass is 298 g/mol. The van der Waals surface area contributed by atoms with E-state index in [0.29, 0.717) is 5.56 Å². The molecule has 0 heterocycles. The molecular formula is C10H9F3O5S. The highest BCUT2D eigenvalue weighted by molar-refractivity contribution is 7.87. The van der Waals surface area contributed by atoms with Gasteiger partial charge in [-0.2, -0.15) is 21.6 Å². The molecule has 19 heavy (non-hydrogen) atoms. The van der Waals surface area contributed by atoms with E-state index in [1.54, 1.807) is 0 Å². The Morgan fingerprint density at radius 3 is 2.11 bits per heavy atom. The first kappa shape index (κ1) is 15.3. The van der Waals surface area contributed by atoms with Gasteiger partial charge < -0.3 is 9.29 Å². The van der Waals surface area contributed by atoms with Gasteiger partial charge in [0, 0.05) is 0 Å². The number of carbonyl (C=O) groups is 1. The summed E-state index contributed by atoms with van der Waals surface area (Å²) < 4.78 is 61.4. The number of aliphatic carboxylic acids is 1. The number of carboxylic acid groups (broad SMARTS) is 1. The largest absolute Gasteiger partial charge is 0.534 e. The zero-order valence-electron chi connectivity index (χ0n) is 9.51. The van der Waals surface area contributed by atoms with Gasteiger partial charge in [-0.25, -0.2) is 0 Å². The summed E-state index contributed by atoms with van der Waals surface area (Å²) in [6.45, 7) is 1.38. The van der Waals surface area contributed by atoms with Gasteiger partial charge in [0.05, 0.1) is 5.92 Å². The first-order valence-corrected chi connectivity index (χ1v) is 6.29. The molecule has 0 spiro atoms. The van der Waals surface area contributed by atoms with E-state index in [4.69, 9.17) is 5.11 Å². The molecule has 0 radical (unpaired) electrons. The highest BCUT2D eigenvalue weighted by Crippen LogP contribution is 2.27. The molecule has 0 saturated heterocycles. The lowest BCUT2D eigenvalue weighted by molar-refractivity contribution is -0.138. The van der Waals surface area contributed by atoms with Crippen LogP contribution in [0.15, 0.2) is 24.3 Å². The van der Waals surface area contributed by atoms with E-state index in [1.807, 2.05) is 0 Å². The number of hydrogen-bond donors (Lipinski definition) is 1.